The molecule has 1 aromatic heterocycles. The van der Waals surface area contributed by atoms with E-state index in [0.717, 1.165) is 0 Å². The van der Waals surface area contributed by atoms with Crippen molar-refractivity contribution >= 4 is 5.96 Å². The standard InChI is InChI=1S/C8H15N5O2/c1-14-5-4-10-8(13-9)11-6-7-2-3-12-15-7/h2-3H,4-6,9H2,1H3,(H2,10,11,13). The molecule has 0 saturated heterocycles. The lowest BCUT2D eigenvalue weighted by atomic mass is 10.5. The molecule has 84 valence electrons. The lowest BCUT2D eigenvalue weighted by molar-refractivity contribution is 0.203. The van der Waals surface area contributed by atoms with Crippen molar-refractivity contribution in [2.75, 3.05) is 20.3 Å². The van der Waals surface area contributed by atoms with Gasteiger partial charge in [0.15, 0.2) is 5.76 Å². The number of hydrogen-bond acceptors (Lipinski definition) is 5. The van der Waals surface area contributed by atoms with Gasteiger partial charge in [-0.2, -0.15) is 0 Å². The average molecular weight is 213 g/mol. The first kappa shape index (κ1) is 11.5. The van der Waals surface area contributed by atoms with E-state index >= 15 is 0 Å². The molecule has 15 heavy (non-hydrogen) atoms. The Balaban J connectivity index is 2.33. The third-order valence-electron chi connectivity index (χ3n) is 1.62. The first-order valence-corrected chi connectivity index (χ1v) is 4.50. The summed E-state index contributed by atoms with van der Waals surface area (Å²) in [6.45, 7) is 1.61. The zero-order valence-corrected chi connectivity index (χ0v) is 8.56. The number of rotatable bonds is 5. The van der Waals surface area contributed by atoms with Crippen LogP contribution in [-0.2, 0) is 11.3 Å². The summed E-state index contributed by atoms with van der Waals surface area (Å²) in [6.07, 6.45) is 1.57. The van der Waals surface area contributed by atoms with Crippen LogP contribution in [0.5, 0.6) is 0 Å². The highest BCUT2D eigenvalue weighted by atomic mass is 16.5. The maximum Gasteiger partial charge on any atom is 0.206 e. The van der Waals surface area contributed by atoms with E-state index < -0.39 is 0 Å². The van der Waals surface area contributed by atoms with Crippen LogP contribution in [0.25, 0.3) is 0 Å². The smallest absolute Gasteiger partial charge is 0.206 e. The largest absolute Gasteiger partial charge is 0.383 e. The summed E-state index contributed by atoms with van der Waals surface area (Å²) in [5.74, 6) is 6.43. The van der Waals surface area contributed by atoms with Gasteiger partial charge in [-0.3, -0.25) is 5.43 Å². The van der Waals surface area contributed by atoms with Crippen molar-refractivity contribution in [1.82, 2.24) is 15.9 Å². The van der Waals surface area contributed by atoms with Gasteiger partial charge in [0.05, 0.1) is 12.8 Å². The molecule has 0 aliphatic carbocycles. The van der Waals surface area contributed by atoms with Crippen LogP contribution in [0.4, 0.5) is 0 Å². The van der Waals surface area contributed by atoms with E-state index in [9.17, 15) is 0 Å². The summed E-state index contributed by atoms with van der Waals surface area (Å²) >= 11 is 0. The minimum Gasteiger partial charge on any atom is -0.383 e. The Morgan fingerprint density at radius 2 is 2.60 bits per heavy atom. The Hall–Kier alpha value is -1.60. The third-order valence-corrected chi connectivity index (χ3v) is 1.62. The predicted molar refractivity (Wildman–Crippen MR) is 54.8 cm³/mol. The molecule has 0 atom stereocenters. The Morgan fingerprint density at radius 3 is 3.20 bits per heavy atom. The molecule has 1 aromatic rings. The molecule has 0 amide bonds. The molecule has 0 aliphatic heterocycles. The van der Waals surface area contributed by atoms with Gasteiger partial charge in [-0.25, -0.2) is 10.8 Å². The fourth-order valence-electron chi connectivity index (χ4n) is 0.905. The quantitative estimate of drug-likeness (QED) is 0.195. The number of methoxy groups -OCH3 is 1. The molecule has 0 aliphatic rings. The van der Waals surface area contributed by atoms with E-state index in [4.69, 9.17) is 15.1 Å². The number of ether oxygens (including phenoxy) is 1. The number of guanidine groups is 1. The van der Waals surface area contributed by atoms with Crippen molar-refractivity contribution in [2.24, 2.45) is 10.8 Å². The zero-order chi connectivity index (χ0) is 10.9. The number of hydrazine groups is 1. The molecular formula is C8H15N5O2. The average Bonchev–Trinajstić information content (AvgIpc) is 2.76. The van der Waals surface area contributed by atoms with Crippen LogP contribution in [0.1, 0.15) is 5.76 Å². The van der Waals surface area contributed by atoms with Gasteiger partial charge >= 0.3 is 0 Å². The Kier molecular flexibility index (Phi) is 5.20. The molecule has 1 rings (SSSR count). The topological polar surface area (TPSA) is 97.7 Å². The summed E-state index contributed by atoms with van der Waals surface area (Å²) in [4.78, 5) is 4.14. The van der Waals surface area contributed by atoms with Crippen molar-refractivity contribution in [2.45, 2.75) is 6.54 Å². The molecule has 0 saturated carbocycles. The number of nitrogens with one attached hydrogen (secondary N) is 2. The van der Waals surface area contributed by atoms with Crippen LogP contribution in [0.2, 0.25) is 0 Å². The van der Waals surface area contributed by atoms with E-state index in [2.05, 4.69) is 20.9 Å². The van der Waals surface area contributed by atoms with Gasteiger partial charge in [-0.05, 0) is 0 Å². The highest BCUT2D eigenvalue weighted by molar-refractivity contribution is 5.79. The van der Waals surface area contributed by atoms with Crippen molar-refractivity contribution < 1.29 is 9.26 Å². The monoisotopic (exact) mass is 213 g/mol. The predicted octanol–water partition coefficient (Wildman–Crippen LogP) is -0.770. The van der Waals surface area contributed by atoms with E-state index in [0.29, 0.717) is 31.4 Å². The van der Waals surface area contributed by atoms with Crippen LogP contribution in [0.15, 0.2) is 21.8 Å². The number of aliphatic imine (C=N–C) groups is 1. The summed E-state index contributed by atoms with van der Waals surface area (Å²) < 4.78 is 9.75. The van der Waals surface area contributed by atoms with E-state index in [-0.39, 0.29) is 0 Å². The fraction of sp³-hybridized carbons (Fsp3) is 0.500. The van der Waals surface area contributed by atoms with E-state index in [1.165, 1.54) is 0 Å². The molecule has 4 N–H and O–H groups in total. The first-order chi connectivity index (χ1) is 7.36. The number of aromatic nitrogens is 1. The molecular weight excluding hydrogens is 198 g/mol. The van der Waals surface area contributed by atoms with Gasteiger partial charge in [0.25, 0.3) is 0 Å². The van der Waals surface area contributed by atoms with Crippen LogP contribution in [0.3, 0.4) is 0 Å². The Bertz CT molecular complexity index is 285. The highest BCUT2D eigenvalue weighted by Crippen LogP contribution is 1.97. The SMILES string of the molecule is COCCNC(=NCc1ccno1)NN. The molecule has 7 nitrogen and oxygen atoms in total. The minimum absolute atomic E-state index is 0.388. The second-order valence-corrected chi connectivity index (χ2v) is 2.71. The minimum atomic E-state index is 0.388. The maximum absolute atomic E-state index is 5.26. The van der Waals surface area contributed by atoms with Crippen molar-refractivity contribution in [3.05, 3.63) is 18.0 Å². The van der Waals surface area contributed by atoms with Gasteiger partial charge in [0.2, 0.25) is 5.96 Å². The van der Waals surface area contributed by atoms with Gasteiger partial charge in [0, 0.05) is 19.7 Å². The normalized spacial score (nSPS) is 11.5. The highest BCUT2D eigenvalue weighted by Gasteiger charge is 1.97. The molecule has 0 fully saturated rings. The van der Waals surface area contributed by atoms with Crippen molar-refractivity contribution in [3.63, 3.8) is 0 Å². The van der Waals surface area contributed by atoms with Crippen LogP contribution in [0, 0.1) is 0 Å². The lowest BCUT2D eigenvalue weighted by Gasteiger charge is -2.07. The number of nitrogens with zero attached hydrogens (tertiary/aromatic N) is 2. The molecule has 7 heteroatoms. The molecule has 0 spiro atoms. The second-order valence-electron chi connectivity index (χ2n) is 2.71. The molecule has 0 aromatic carbocycles. The molecule has 0 radical (unpaired) electrons. The van der Waals surface area contributed by atoms with Crippen molar-refractivity contribution in [1.29, 1.82) is 0 Å². The van der Waals surface area contributed by atoms with Gasteiger partial charge in [0.1, 0.15) is 6.54 Å². The first-order valence-electron chi connectivity index (χ1n) is 4.50. The molecule has 1 heterocycles. The van der Waals surface area contributed by atoms with E-state index in [1.54, 1.807) is 19.4 Å². The molecule has 0 unspecified atom stereocenters. The second kappa shape index (κ2) is 6.80. The Morgan fingerprint density at radius 1 is 1.73 bits per heavy atom. The summed E-state index contributed by atoms with van der Waals surface area (Å²) in [5, 5.41) is 6.52. The van der Waals surface area contributed by atoms with Gasteiger partial charge < -0.3 is 14.6 Å². The molecule has 0 bridgehead atoms. The summed E-state index contributed by atoms with van der Waals surface area (Å²) in [7, 11) is 1.63. The van der Waals surface area contributed by atoms with Crippen molar-refractivity contribution in [3.8, 4) is 0 Å². The fourth-order valence-corrected chi connectivity index (χ4v) is 0.905. The van der Waals surface area contributed by atoms with Gasteiger partial charge in [-0.15, -0.1) is 0 Å². The lowest BCUT2D eigenvalue weighted by Crippen LogP contribution is -2.42. The van der Waals surface area contributed by atoms with Gasteiger partial charge in [-0.1, -0.05) is 5.16 Å². The number of nitrogens with two attached hydrogens (primary N) is 1. The summed E-state index contributed by atoms with van der Waals surface area (Å²) in [6, 6.07) is 1.74. The number of hydrogen-bond donors (Lipinski definition) is 3. The zero-order valence-electron chi connectivity index (χ0n) is 8.56. The van der Waals surface area contributed by atoms with Crippen LogP contribution in [-0.4, -0.2) is 31.4 Å². The summed E-state index contributed by atoms with van der Waals surface area (Å²) in [5.41, 5.74) is 2.44. The third kappa shape index (κ3) is 4.43. The van der Waals surface area contributed by atoms with Crippen LogP contribution >= 0.6 is 0 Å². The van der Waals surface area contributed by atoms with E-state index in [1.807, 2.05) is 0 Å². The van der Waals surface area contributed by atoms with Crippen LogP contribution < -0.4 is 16.6 Å². The maximum atomic E-state index is 5.26. The Labute approximate surface area is 87.6 Å².